The molecule has 15 heavy (non-hydrogen) atoms. The number of halogens is 1. The van der Waals surface area contributed by atoms with Gasteiger partial charge in [0.15, 0.2) is 10.8 Å². The van der Waals surface area contributed by atoms with Crippen molar-refractivity contribution in [3.63, 3.8) is 0 Å². The summed E-state index contributed by atoms with van der Waals surface area (Å²) in [5.74, 6) is -0.390. The molecule has 2 rings (SSSR count). The van der Waals surface area contributed by atoms with E-state index in [1.807, 2.05) is 0 Å². The molecule has 2 heterocycles. The molecular weight excluding hydrogens is 218 g/mol. The third kappa shape index (κ3) is 2.10. The van der Waals surface area contributed by atoms with Crippen LogP contribution < -0.4 is 5.32 Å². The van der Waals surface area contributed by atoms with E-state index in [1.54, 1.807) is 12.1 Å². The van der Waals surface area contributed by atoms with E-state index in [4.69, 9.17) is 11.6 Å². The van der Waals surface area contributed by atoms with Crippen molar-refractivity contribution in [1.29, 1.82) is 0 Å². The zero-order valence-corrected chi connectivity index (χ0v) is 8.19. The van der Waals surface area contributed by atoms with E-state index < -0.39 is 5.91 Å². The molecule has 0 atom stereocenters. The largest absolute Gasteiger partial charge is 0.318 e. The summed E-state index contributed by atoms with van der Waals surface area (Å²) in [5, 5.41) is 12.3. The van der Waals surface area contributed by atoms with Gasteiger partial charge in [0.05, 0.1) is 11.9 Å². The average Bonchev–Trinajstić information content (AvgIpc) is 2.74. The first-order valence-corrected chi connectivity index (χ1v) is 4.43. The Hall–Kier alpha value is -1.95. The van der Waals surface area contributed by atoms with Gasteiger partial charge in [-0.15, -0.1) is 0 Å². The molecule has 76 valence electrons. The smallest absolute Gasteiger partial charge is 0.277 e. The summed E-state index contributed by atoms with van der Waals surface area (Å²) in [6, 6.07) is 3.32. The van der Waals surface area contributed by atoms with Crippen molar-refractivity contribution in [2.24, 2.45) is 0 Å². The van der Waals surface area contributed by atoms with E-state index in [1.165, 1.54) is 12.4 Å². The number of anilines is 1. The van der Waals surface area contributed by atoms with Crippen LogP contribution >= 0.6 is 11.6 Å². The van der Waals surface area contributed by atoms with Crippen LogP contribution in [0, 0.1) is 0 Å². The predicted octanol–water partition coefficient (Wildman–Crippen LogP) is 1.11. The zero-order valence-electron chi connectivity index (χ0n) is 7.44. The van der Waals surface area contributed by atoms with Gasteiger partial charge in [0, 0.05) is 6.20 Å². The molecule has 6 nitrogen and oxygen atoms in total. The molecule has 0 aliphatic rings. The first-order chi connectivity index (χ1) is 7.27. The Kier molecular flexibility index (Phi) is 2.59. The molecule has 2 N–H and O–H groups in total. The van der Waals surface area contributed by atoms with Gasteiger partial charge in [-0.2, -0.15) is 15.4 Å². The highest BCUT2D eigenvalue weighted by Crippen LogP contribution is 2.17. The minimum Gasteiger partial charge on any atom is -0.318 e. The molecule has 0 radical (unpaired) electrons. The van der Waals surface area contributed by atoms with Crippen molar-refractivity contribution in [1.82, 2.24) is 20.4 Å². The van der Waals surface area contributed by atoms with Crippen LogP contribution in [0.3, 0.4) is 0 Å². The first kappa shape index (κ1) is 9.60. The molecule has 0 aliphatic carbocycles. The van der Waals surface area contributed by atoms with Crippen molar-refractivity contribution in [3.05, 3.63) is 35.4 Å². The van der Waals surface area contributed by atoms with Crippen molar-refractivity contribution in [3.8, 4) is 0 Å². The van der Waals surface area contributed by atoms with Gasteiger partial charge in [0.1, 0.15) is 0 Å². The maximum Gasteiger partial charge on any atom is 0.277 e. The van der Waals surface area contributed by atoms with Crippen LogP contribution in [0.5, 0.6) is 0 Å². The predicted molar refractivity (Wildman–Crippen MR) is 53.6 cm³/mol. The van der Waals surface area contributed by atoms with E-state index in [2.05, 4.69) is 25.7 Å². The minimum atomic E-state index is -0.390. The van der Waals surface area contributed by atoms with Crippen molar-refractivity contribution in [2.75, 3.05) is 5.32 Å². The quantitative estimate of drug-likeness (QED) is 0.747. The average molecular weight is 224 g/mol. The summed E-state index contributed by atoms with van der Waals surface area (Å²) in [5.41, 5.74) is 0.627. The number of pyridine rings is 1. The summed E-state index contributed by atoms with van der Waals surface area (Å²) in [7, 11) is 0. The van der Waals surface area contributed by atoms with E-state index >= 15 is 0 Å². The van der Waals surface area contributed by atoms with Gasteiger partial charge in [-0.3, -0.25) is 4.79 Å². The maximum atomic E-state index is 11.5. The number of nitrogens with zero attached hydrogens (tertiary/aromatic N) is 3. The van der Waals surface area contributed by atoms with Gasteiger partial charge in [-0.1, -0.05) is 11.6 Å². The van der Waals surface area contributed by atoms with Crippen LogP contribution in [0.1, 0.15) is 10.5 Å². The van der Waals surface area contributed by atoms with Crippen LogP contribution in [0.15, 0.2) is 24.5 Å². The number of hydrogen-bond donors (Lipinski definition) is 2. The Morgan fingerprint density at radius 1 is 1.53 bits per heavy atom. The van der Waals surface area contributed by atoms with Crippen LogP contribution in [0.2, 0.25) is 5.15 Å². The van der Waals surface area contributed by atoms with Crippen LogP contribution in [0.25, 0.3) is 0 Å². The zero-order chi connectivity index (χ0) is 10.7. The molecule has 0 bridgehead atoms. The van der Waals surface area contributed by atoms with E-state index in [-0.39, 0.29) is 10.8 Å². The topological polar surface area (TPSA) is 83.6 Å². The molecule has 2 aromatic heterocycles. The number of carbonyl (C=O) groups is 1. The Morgan fingerprint density at radius 2 is 2.40 bits per heavy atom. The second kappa shape index (κ2) is 4.05. The van der Waals surface area contributed by atoms with E-state index in [9.17, 15) is 4.79 Å². The van der Waals surface area contributed by atoms with Crippen molar-refractivity contribution >= 4 is 23.2 Å². The summed E-state index contributed by atoms with van der Waals surface area (Å²) in [4.78, 5) is 15.3. The lowest BCUT2D eigenvalue weighted by molar-refractivity contribution is 0.102. The monoisotopic (exact) mass is 223 g/mol. The normalized spacial score (nSPS) is 9.93. The number of hydrogen-bond acceptors (Lipinski definition) is 4. The van der Waals surface area contributed by atoms with E-state index in [0.29, 0.717) is 5.69 Å². The number of H-pyrrole nitrogens is 1. The molecule has 0 saturated carbocycles. The van der Waals surface area contributed by atoms with Gasteiger partial charge in [-0.05, 0) is 12.1 Å². The fourth-order valence-corrected chi connectivity index (χ4v) is 1.14. The lowest BCUT2D eigenvalue weighted by Crippen LogP contribution is -2.12. The first-order valence-electron chi connectivity index (χ1n) is 4.05. The molecule has 7 heteroatoms. The molecule has 1 amide bonds. The Labute approximate surface area is 89.7 Å². The molecule has 0 unspecified atom stereocenters. The third-order valence-electron chi connectivity index (χ3n) is 1.65. The molecular formula is C8H6ClN5O. The standard InChI is InChI=1S/C8H6ClN5O/c9-7-5(2-1-3-10-7)12-8(15)6-4-11-14-13-6/h1-4H,(H,12,15)(H,11,13,14). The highest BCUT2D eigenvalue weighted by atomic mass is 35.5. The summed E-state index contributed by atoms with van der Waals surface area (Å²) >= 11 is 5.76. The fraction of sp³-hybridized carbons (Fsp3) is 0. The van der Waals surface area contributed by atoms with Gasteiger partial charge >= 0.3 is 0 Å². The lowest BCUT2D eigenvalue weighted by atomic mass is 10.4. The molecule has 2 aromatic rings. The third-order valence-corrected chi connectivity index (χ3v) is 1.96. The molecule has 0 aromatic carbocycles. The maximum absolute atomic E-state index is 11.5. The number of amides is 1. The molecule has 0 fully saturated rings. The second-order valence-electron chi connectivity index (χ2n) is 2.65. The summed E-state index contributed by atoms with van der Waals surface area (Å²) in [6.07, 6.45) is 2.85. The van der Waals surface area contributed by atoms with E-state index in [0.717, 1.165) is 0 Å². The number of nitrogens with one attached hydrogen (secondary N) is 2. The number of carbonyl (C=O) groups excluding carboxylic acids is 1. The second-order valence-corrected chi connectivity index (χ2v) is 3.01. The van der Waals surface area contributed by atoms with Crippen LogP contribution in [-0.4, -0.2) is 26.3 Å². The SMILES string of the molecule is O=C(Nc1cccnc1Cl)c1cn[nH]n1. The Morgan fingerprint density at radius 3 is 3.07 bits per heavy atom. The molecule has 0 saturated heterocycles. The van der Waals surface area contributed by atoms with Gasteiger partial charge in [-0.25, -0.2) is 4.98 Å². The van der Waals surface area contributed by atoms with Crippen LogP contribution in [-0.2, 0) is 0 Å². The van der Waals surface area contributed by atoms with Gasteiger partial charge < -0.3 is 5.32 Å². The number of aromatic amines is 1. The summed E-state index contributed by atoms with van der Waals surface area (Å²) in [6.45, 7) is 0. The van der Waals surface area contributed by atoms with Crippen LogP contribution in [0.4, 0.5) is 5.69 Å². The van der Waals surface area contributed by atoms with Gasteiger partial charge in [0.25, 0.3) is 5.91 Å². The number of aromatic nitrogens is 4. The fourth-order valence-electron chi connectivity index (χ4n) is 0.977. The Bertz CT molecular complexity index is 470. The Balaban J connectivity index is 2.17. The highest BCUT2D eigenvalue weighted by Gasteiger charge is 2.10. The summed E-state index contributed by atoms with van der Waals surface area (Å²) < 4.78 is 0. The van der Waals surface area contributed by atoms with Gasteiger partial charge in [0.2, 0.25) is 0 Å². The number of rotatable bonds is 2. The van der Waals surface area contributed by atoms with Crippen molar-refractivity contribution in [2.45, 2.75) is 0 Å². The lowest BCUT2D eigenvalue weighted by Gasteiger charge is -2.03. The molecule has 0 spiro atoms. The molecule has 0 aliphatic heterocycles. The van der Waals surface area contributed by atoms with Crippen molar-refractivity contribution < 1.29 is 4.79 Å². The highest BCUT2D eigenvalue weighted by molar-refractivity contribution is 6.32. The minimum absolute atomic E-state index is 0.190.